The van der Waals surface area contributed by atoms with Gasteiger partial charge in [0.05, 0.1) is 5.52 Å². The average molecular weight is 215 g/mol. The number of anilines is 1. The van der Waals surface area contributed by atoms with Gasteiger partial charge in [-0.2, -0.15) is 0 Å². The minimum absolute atomic E-state index is 0.459. The Hall–Kier alpha value is -1.64. The highest BCUT2D eigenvalue weighted by atomic mass is 15.1. The Morgan fingerprint density at radius 2 is 1.94 bits per heavy atom. The summed E-state index contributed by atoms with van der Waals surface area (Å²) >= 11 is 0. The lowest BCUT2D eigenvalue weighted by Gasteiger charge is -2.14. The summed E-state index contributed by atoms with van der Waals surface area (Å²) in [7, 11) is 0. The summed E-state index contributed by atoms with van der Waals surface area (Å²) in [6.45, 7) is 4.34. The third-order valence-electron chi connectivity index (χ3n) is 2.81. The Kier molecular flexibility index (Phi) is 3.34. The summed E-state index contributed by atoms with van der Waals surface area (Å²) in [4.78, 5) is 8.81. The number of hydrogen-bond donors (Lipinski definition) is 1. The smallest absolute Gasteiger partial charge is 0.223 e. The standard InChI is InChI=1S/C13H17N3/c1-3-11(4-2)15-13-14-9-10-7-5-6-8-12(10)16-13/h5-9,11H,3-4H2,1-2H3,(H,14,15,16). The van der Waals surface area contributed by atoms with Gasteiger partial charge in [-0.25, -0.2) is 9.97 Å². The zero-order valence-electron chi connectivity index (χ0n) is 9.77. The van der Waals surface area contributed by atoms with Crippen molar-refractivity contribution in [3.63, 3.8) is 0 Å². The van der Waals surface area contributed by atoms with Crippen molar-refractivity contribution >= 4 is 16.9 Å². The van der Waals surface area contributed by atoms with Crippen LogP contribution < -0.4 is 5.32 Å². The second-order valence-electron chi connectivity index (χ2n) is 3.91. The molecule has 84 valence electrons. The molecule has 2 rings (SSSR count). The number of para-hydroxylation sites is 1. The van der Waals surface area contributed by atoms with E-state index in [1.165, 1.54) is 0 Å². The van der Waals surface area contributed by atoms with Crippen molar-refractivity contribution in [1.29, 1.82) is 0 Å². The van der Waals surface area contributed by atoms with Crippen LogP contribution in [0, 0.1) is 0 Å². The molecule has 0 amide bonds. The molecule has 0 saturated heterocycles. The third-order valence-corrected chi connectivity index (χ3v) is 2.81. The van der Waals surface area contributed by atoms with Crippen molar-refractivity contribution in [3.05, 3.63) is 30.5 Å². The Balaban J connectivity index is 2.25. The summed E-state index contributed by atoms with van der Waals surface area (Å²) in [5.41, 5.74) is 0.992. The summed E-state index contributed by atoms with van der Waals surface area (Å²) < 4.78 is 0. The van der Waals surface area contributed by atoms with Crippen LogP contribution in [0.25, 0.3) is 10.9 Å². The van der Waals surface area contributed by atoms with Crippen molar-refractivity contribution in [2.45, 2.75) is 32.7 Å². The van der Waals surface area contributed by atoms with E-state index in [9.17, 15) is 0 Å². The molecule has 16 heavy (non-hydrogen) atoms. The molecule has 0 aliphatic carbocycles. The van der Waals surface area contributed by atoms with Crippen molar-refractivity contribution in [3.8, 4) is 0 Å². The number of fused-ring (bicyclic) bond motifs is 1. The predicted octanol–water partition coefficient (Wildman–Crippen LogP) is 3.23. The van der Waals surface area contributed by atoms with Crippen LogP contribution in [0.15, 0.2) is 30.5 Å². The monoisotopic (exact) mass is 215 g/mol. The summed E-state index contributed by atoms with van der Waals surface area (Å²) in [6.07, 6.45) is 4.05. The molecule has 0 spiro atoms. The number of aromatic nitrogens is 2. The highest BCUT2D eigenvalue weighted by molar-refractivity contribution is 5.78. The molecule has 0 fully saturated rings. The molecule has 1 aromatic heterocycles. The SMILES string of the molecule is CCC(CC)Nc1ncc2ccccc2n1. The first-order valence-corrected chi connectivity index (χ1v) is 5.81. The molecule has 0 aliphatic heterocycles. The van der Waals surface area contributed by atoms with E-state index >= 15 is 0 Å². The first-order chi connectivity index (χ1) is 7.83. The minimum atomic E-state index is 0.459. The topological polar surface area (TPSA) is 37.8 Å². The fourth-order valence-electron chi connectivity index (χ4n) is 1.72. The van der Waals surface area contributed by atoms with E-state index in [1.807, 2.05) is 30.5 Å². The lowest BCUT2D eigenvalue weighted by molar-refractivity contribution is 0.665. The van der Waals surface area contributed by atoms with Gasteiger partial charge in [-0.3, -0.25) is 0 Å². The van der Waals surface area contributed by atoms with E-state index in [0.29, 0.717) is 6.04 Å². The quantitative estimate of drug-likeness (QED) is 0.850. The Labute approximate surface area is 95.9 Å². The molecular formula is C13H17N3. The fourth-order valence-corrected chi connectivity index (χ4v) is 1.72. The van der Waals surface area contributed by atoms with Crippen LogP contribution in [0.1, 0.15) is 26.7 Å². The van der Waals surface area contributed by atoms with Gasteiger partial charge in [0.1, 0.15) is 0 Å². The summed E-state index contributed by atoms with van der Waals surface area (Å²) in [6, 6.07) is 8.49. The van der Waals surface area contributed by atoms with Gasteiger partial charge in [-0.05, 0) is 18.9 Å². The average Bonchev–Trinajstić information content (AvgIpc) is 2.35. The Morgan fingerprint density at radius 3 is 2.69 bits per heavy atom. The van der Waals surface area contributed by atoms with Gasteiger partial charge < -0.3 is 5.32 Å². The third kappa shape index (κ3) is 2.30. The van der Waals surface area contributed by atoms with E-state index in [2.05, 4.69) is 29.1 Å². The van der Waals surface area contributed by atoms with E-state index in [0.717, 1.165) is 29.7 Å². The Morgan fingerprint density at radius 1 is 1.19 bits per heavy atom. The van der Waals surface area contributed by atoms with Gasteiger partial charge in [0.25, 0.3) is 0 Å². The van der Waals surface area contributed by atoms with Crippen molar-refractivity contribution < 1.29 is 0 Å². The number of hydrogen-bond acceptors (Lipinski definition) is 3. The molecule has 0 bridgehead atoms. The number of benzene rings is 1. The number of nitrogens with one attached hydrogen (secondary N) is 1. The lowest BCUT2D eigenvalue weighted by Crippen LogP contribution is -2.18. The van der Waals surface area contributed by atoms with Crippen molar-refractivity contribution in [2.75, 3.05) is 5.32 Å². The van der Waals surface area contributed by atoms with Gasteiger partial charge in [0.15, 0.2) is 0 Å². The van der Waals surface area contributed by atoms with Crippen molar-refractivity contribution in [1.82, 2.24) is 9.97 Å². The first kappa shape index (κ1) is 10.9. The summed E-state index contributed by atoms with van der Waals surface area (Å²) in [5.74, 6) is 0.729. The zero-order chi connectivity index (χ0) is 11.4. The molecule has 3 heteroatoms. The molecular weight excluding hydrogens is 198 g/mol. The Bertz CT molecular complexity index is 463. The van der Waals surface area contributed by atoms with Crippen LogP contribution in [0.3, 0.4) is 0 Å². The van der Waals surface area contributed by atoms with Gasteiger partial charge >= 0.3 is 0 Å². The van der Waals surface area contributed by atoms with Crippen LogP contribution in [0.2, 0.25) is 0 Å². The van der Waals surface area contributed by atoms with Gasteiger partial charge in [0.2, 0.25) is 5.95 Å². The van der Waals surface area contributed by atoms with E-state index in [1.54, 1.807) is 0 Å². The molecule has 2 aromatic rings. The van der Waals surface area contributed by atoms with Crippen LogP contribution in [-0.2, 0) is 0 Å². The van der Waals surface area contributed by atoms with Crippen LogP contribution in [0.5, 0.6) is 0 Å². The number of rotatable bonds is 4. The van der Waals surface area contributed by atoms with Crippen molar-refractivity contribution in [2.24, 2.45) is 0 Å². The normalized spacial score (nSPS) is 10.9. The summed E-state index contributed by atoms with van der Waals surface area (Å²) in [5, 5.41) is 4.43. The van der Waals surface area contributed by atoms with Gasteiger partial charge in [-0.15, -0.1) is 0 Å². The molecule has 3 nitrogen and oxygen atoms in total. The molecule has 1 aromatic carbocycles. The second-order valence-corrected chi connectivity index (χ2v) is 3.91. The second kappa shape index (κ2) is 4.92. The zero-order valence-corrected chi connectivity index (χ0v) is 9.77. The van der Waals surface area contributed by atoms with Gasteiger partial charge in [0, 0.05) is 17.6 Å². The van der Waals surface area contributed by atoms with E-state index in [4.69, 9.17) is 0 Å². The highest BCUT2D eigenvalue weighted by Gasteiger charge is 2.05. The van der Waals surface area contributed by atoms with Crippen LogP contribution in [-0.4, -0.2) is 16.0 Å². The maximum atomic E-state index is 4.49. The minimum Gasteiger partial charge on any atom is -0.351 e. The molecule has 0 unspecified atom stereocenters. The molecule has 1 heterocycles. The largest absolute Gasteiger partial charge is 0.351 e. The first-order valence-electron chi connectivity index (χ1n) is 5.81. The van der Waals surface area contributed by atoms with Crippen LogP contribution in [0.4, 0.5) is 5.95 Å². The van der Waals surface area contributed by atoms with Gasteiger partial charge in [-0.1, -0.05) is 32.0 Å². The maximum absolute atomic E-state index is 4.49. The van der Waals surface area contributed by atoms with E-state index in [-0.39, 0.29) is 0 Å². The predicted molar refractivity (Wildman–Crippen MR) is 67.5 cm³/mol. The molecule has 0 aliphatic rings. The highest BCUT2D eigenvalue weighted by Crippen LogP contribution is 2.13. The molecule has 0 saturated carbocycles. The molecule has 0 atom stereocenters. The molecule has 0 radical (unpaired) electrons. The molecule has 1 N–H and O–H groups in total. The number of nitrogens with zero attached hydrogens (tertiary/aromatic N) is 2. The maximum Gasteiger partial charge on any atom is 0.223 e. The lowest BCUT2D eigenvalue weighted by atomic mass is 10.2. The fraction of sp³-hybridized carbons (Fsp3) is 0.385. The van der Waals surface area contributed by atoms with Crippen LogP contribution >= 0.6 is 0 Å². The van der Waals surface area contributed by atoms with E-state index < -0.39 is 0 Å².